The molecule has 1 aliphatic rings. The predicted molar refractivity (Wildman–Crippen MR) is 98.3 cm³/mol. The summed E-state index contributed by atoms with van der Waals surface area (Å²) in [6.07, 6.45) is 3.87. The molecule has 6 heteroatoms. The van der Waals surface area contributed by atoms with Gasteiger partial charge in [0.1, 0.15) is 4.24 Å². The number of rotatable bonds is 4. The Morgan fingerprint density at radius 2 is 1.78 bits per heavy atom. The van der Waals surface area contributed by atoms with Crippen LogP contribution >= 0.6 is 39.5 Å². The van der Waals surface area contributed by atoms with Crippen LogP contribution in [0.4, 0.5) is 0 Å². The van der Waals surface area contributed by atoms with Crippen LogP contribution in [-0.2, 0) is 0 Å². The highest BCUT2D eigenvalue weighted by atomic mass is 79.9. The highest BCUT2D eigenvalue weighted by molar-refractivity contribution is 9.09. The molecule has 1 aromatic carbocycles. The normalized spacial score (nSPS) is 19.1. The molecule has 2 aromatic rings. The number of pyridine rings is 1. The van der Waals surface area contributed by atoms with Crippen molar-refractivity contribution in [2.45, 2.75) is 5.25 Å². The van der Waals surface area contributed by atoms with Gasteiger partial charge >= 0.3 is 0 Å². The van der Waals surface area contributed by atoms with Crippen molar-refractivity contribution in [2.24, 2.45) is 0 Å². The fourth-order valence-corrected chi connectivity index (χ4v) is 5.93. The topological polar surface area (TPSA) is 20.9 Å². The Morgan fingerprint density at radius 3 is 2.39 bits per heavy atom. The van der Waals surface area contributed by atoms with Crippen LogP contribution in [0.15, 0.2) is 65.2 Å². The van der Waals surface area contributed by atoms with Gasteiger partial charge in [-0.05, 0) is 0 Å². The Labute approximate surface area is 163 Å². The van der Waals surface area contributed by atoms with Crippen molar-refractivity contribution in [2.75, 3.05) is 11.1 Å². The van der Waals surface area contributed by atoms with Gasteiger partial charge in [-0.25, -0.2) is 0 Å². The van der Waals surface area contributed by atoms with E-state index in [4.69, 9.17) is 0 Å². The molecule has 1 saturated heterocycles. The van der Waals surface area contributed by atoms with Gasteiger partial charge in [0.15, 0.2) is 12.4 Å². The van der Waals surface area contributed by atoms with Crippen LogP contribution in [0.5, 0.6) is 0 Å². The molecule has 0 spiro atoms. The van der Waals surface area contributed by atoms with Crippen LogP contribution in [0.3, 0.4) is 0 Å². The molecule has 120 valence electrons. The molecule has 1 aromatic heterocycles. The standard InChI is InChI=1S/C17H15BrNOS2.BrH/c18-11-14-12-21-17(22-14)15(19-9-5-2-6-10-19)16(20)13-7-3-1-4-8-13;/h1-10,14H,11-12H2;1H/q+1;/p-1/b17-15-;. The first kappa shape index (κ1) is 18.8. The Bertz CT molecular complexity index is 692. The van der Waals surface area contributed by atoms with E-state index in [1.54, 1.807) is 23.5 Å². The molecule has 0 N–H and O–H groups in total. The monoisotopic (exact) mass is 471 g/mol. The van der Waals surface area contributed by atoms with E-state index in [0.717, 1.165) is 26.6 Å². The highest BCUT2D eigenvalue weighted by Crippen LogP contribution is 2.44. The van der Waals surface area contributed by atoms with Gasteiger partial charge in [0.25, 0.3) is 11.5 Å². The first-order valence-electron chi connectivity index (χ1n) is 6.95. The number of Topliss-reactive ketones (excluding diaryl/α,β-unsaturated/α-hetero) is 1. The summed E-state index contributed by atoms with van der Waals surface area (Å²) >= 11 is 7.11. The lowest BCUT2D eigenvalue weighted by molar-refractivity contribution is -0.576. The Morgan fingerprint density at radius 1 is 1.13 bits per heavy atom. The molecule has 0 saturated carbocycles. The van der Waals surface area contributed by atoms with E-state index in [-0.39, 0.29) is 22.8 Å². The average molecular weight is 473 g/mol. The molecule has 0 bridgehead atoms. The van der Waals surface area contributed by atoms with Crippen molar-refractivity contribution in [1.29, 1.82) is 0 Å². The zero-order valence-corrected chi connectivity index (χ0v) is 17.0. The zero-order chi connectivity index (χ0) is 15.4. The van der Waals surface area contributed by atoms with Crippen LogP contribution < -0.4 is 21.5 Å². The summed E-state index contributed by atoms with van der Waals surface area (Å²) in [5.41, 5.74) is 1.48. The number of allylic oxidation sites excluding steroid dienone is 1. The molecule has 2 nitrogen and oxygen atoms in total. The van der Waals surface area contributed by atoms with Gasteiger partial charge in [-0.3, -0.25) is 4.79 Å². The summed E-state index contributed by atoms with van der Waals surface area (Å²) in [6.45, 7) is 0. The third-order valence-electron chi connectivity index (χ3n) is 3.26. The first-order valence-corrected chi connectivity index (χ1v) is 9.94. The maximum atomic E-state index is 13.0. The number of hydrogen-bond acceptors (Lipinski definition) is 3. The minimum absolute atomic E-state index is 0. The Hall–Kier alpha value is -0.560. The minimum Gasteiger partial charge on any atom is -1.00 e. The van der Waals surface area contributed by atoms with Crippen molar-refractivity contribution in [3.8, 4) is 0 Å². The molecule has 1 atom stereocenters. The molecule has 23 heavy (non-hydrogen) atoms. The van der Waals surface area contributed by atoms with Gasteiger partial charge < -0.3 is 17.0 Å². The Balaban J connectivity index is 0.00000192. The van der Waals surface area contributed by atoms with E-state index in [2.05, 4.69) is 15.9 Å². The highest BCUT2D eigenvalue weighted by Gasteiger charge is 2.32. The largest absolute Gasteiger partial charge is 1.00 e. The van der Waals surface area contributed by atoms with Crippen LogP contribution in [-0.4, -0.2) is 22.1 Å². The predicted octanol–water partition coefficient (Wildman–Crippen LogP) is 1.23. The SMILES string of the molecule is O=C(/C(=C1\SCC(CBr)S1)[n+]1ccccc1)c1ccccc1.[Br-]. The average Bonchev–Trinajstić information content (AvgIpc) is 3.05. The number of nitrogens with zero attached hydrogens (tertiary/aromatic N) is 1. The van der Waals surface area contributed by atoms with Crippen LogP contribution in [0.1, 0.15) is 10.4 Å². The van der Waals surface area contributed by atoms with Crippen LogP contribution in [0.2, 0.25) is 0 Å². The van der Waals surface area contributed by atoms with Crippen molar-refractivity contribution in [1.82, 2.24) is 0 Å². The second kappa shape index (κ2) is 9.06. The van der Waals surface area contributed by atoms with E-state index in [9.17, 15) is 4.79 Å². The molecule has 0 radical (unpaired) electrons. The molecule has 1 fully saturated rings. The molecular weight excluding hydrogens is 458 g/mol. The maximum absolute atomic E-state index is 13.0. The summed E-state index contributed by atoms with van der Waals surface area (Å²) in [7, 11) is 0. The molecule has 0 aliphatic carbocycles. The minimum atomic E-state index is 0. The second-order valence-corrected chi connectivity index (χ2v) is 8.07. The molecule has 3 rings (SSSR count). The fraction of sp³-hybridized carbons (Fsp3) is 0.176. The molecule has 2 heterocycles. The number of aromatic nitrogens is 1. The molecule has 0 amide bonds. The third-order valence-corrected chi connectivity index (χ3v) is 7.43. The van der Waals surface area contributed by atoms with Crippen molar-refractivity contribution in [3.63, 3.8) is 0 Å². The van der Waals surface area contributed by atoms with Gasteiger partial charge in [0.2, 0.25) is 0 Å². The number of thioether (sulfide) groups is 2. The van der Waals surface area contributed by atoms with Crippen molar-refractivity contribution >= 4 is 50.9 Å². The number of alkyl halides is 1. The van der Waals surface area contributed by atoms with Gasteiger partial charge in [-0.1, -0.05) is 52.3 Å². The molecule has 1 unspecified atom stereocenters. The van der Waals surface area contributed by atoms with Gasteiger partial charge in [0, 0.05) is 34.0 Å². The summed E-state index contributed by atoms with van der Waals surface area (Å²) < 4.78 is 3.04. The van der Waals surface area contributed by atoms with E-state index in [0.29, 0.717) is 5.25 Å². The van der Waals surface area contributed by atoms with Gasteiger partial charge in [-0.2, -0.15) is 4.57 Å². The number of carbonyl (C=O) groups is 1. The molecule has 1 aliphatic heterocycles. The maximum Gasteiger partial charge on any atom is 0.279 e. The first-order chi connectivity index (χ1) is 10.8. The number of benzene rings is 1. The number of halogens is 2. The quantitative estimate of drug-likeness (QED) is 0.289. The van der Waals surface area contributed by atoms with E-state index in [1.807, 2.05) is 65.5 Å². The van der Waals surface area contributed by atoms with Crippen molar-refractivity contribution in [3.05, 3.63) is 70.7 Å². The fourth-order valence-electron chi connectivity index (χ4n) is 2.18. The van der Waals surface area contributed by atoms with E-state index < -0.39 is 0 Å². The lowest BCUT2D eigenvalue weighted by Gasteiger charge is -2.05. The second-order valence-electron chi connectivity index (χ2n) is 4.82. The van der Waals surface area contributed by atoms with E-state index >= 15 is 0 Å². The Kier molecular flexibility index (Phi) is 7.40. The summed E-state index contributed by atoms with van der Waals surface area (Å²) in [6, 6.07) is 15.3. The van der Waals surface area contributed by atoms with Crippen LogP contribution in [0.25, 0.3) is 5.70 Å². The van der Waals surface area contributed by atoms with Gasteiger partial charge in [0.05, 0.1) is 0 Å². The zero-order valence-electron chi connectivity index (χ0n) is 12.2. The number of ketones is 1. The lowest BCUT2D eigenvalue weighted by Crippen LogP contribution is -3.00. The van der Waals surface area contributed by atoms with Gasteiger partial charge in [-0.15, -0.1) is 23.5 Å². The van der Waals surface area contributed by atoms with Crippen LogP contribution in [0, 0.1) is 0 Å². The number of carbonyl (C=O) groups excluding carboxylic acids is 1. The third kappa shape index (κ3) is 4.50. The smallest absolute Gasteiger partial charge is 0.279 e. The summed E-state index contributed by atoms with van der Waals surface area (Å²) in [5.74, 6) is 1.10. The number of hydrogen-bond donors (Lipinski definition) is 0. The van der Waals surface area contributed by atoms with E-state index in [1.165, 1.54) is 0 Å². The van der Waals surface area contributed by atoms with Crippen molar-refractivity contribution < 1.29 is 26.3 Å². The lowest BCUT2D eigenvalue weighted by atomic mass is 10.1. The summed E-state index contributed by atoms with van der Waals surface area (Å²) in [4.78, 5) is 13.0. The molecular formula is C17H15Br2NOS2. The summed E-state index contributed by atoms with van der Waals surface area (Å²) in [5, 5.41) is 1.46.